The van der Waals surface area contributed by atoms with E-state index in [-0.39, 0.29) is 5.91 Å². The van der Waals surface area contributed by atoms with Gasteiger partial charge < -0.3 is 10.6 Å². The van der Waals surface area contributed by atoms with Gasteiger partial charge in [0, 0.05) is 25.0 Å². The lowest BCUT2D eigenvalue weighted by Crippen LogP contribution is -2.23. The van der Waals surface area contributed by atoms with Gasteiger partial charge >= 0.3 is 0 Å². The number of pyridine rings is 1. The molecule has 0 unspecified atom stereocenters. The van der Waals surface area contributed by atoms with E-state index in [1.54, 1.807) is 23.6 Å². The van der Waals surface area contributed by atoms with Crippen molar-refractivity contribution >= 4 is 22.9 Å². The van der Waals surface area contributed by atoms with Crippen LogP contribution in [0.15, 0.2) is 35.2 Å². The summed E-state index contributed by atoms with van der Waals surface area (Å²) in [7, 11) is 0. The Morgan fingerprint density at radius 1 is 1.42 bits per heavy atom. The summed E-state index contributed by atoms with van der Waals surface area (Å²) in [6.07, 6.45) is 2.62. The molecule has 0 saturated heterocycles. The van der Waals surface area contributed by atoms with Crippen LogP contribution in [0, 0.1) is 0 Å². The maximum atomic E-state index is 11.7. The quantitative estimate of drug-likeness (QED) is 0.852. The van der Waals surface area contributed by atoms with E-state index >= 15 is 0 Å². The van der Waals surface area contributed by atoms with Crippen molar-refractivity contribution in [1.29, 1.82) is 0 Å². The first-order valence-electron chi connectivity index (χ1n) is 6.29. The van der Waals surface area contributed by atoms with Crippen LogP contribution in [0.5, 0.6) is 0 Å². The first-order chi connectivity index (χ1) is 9.29. The minimum atomic E-state index is -0.135. The fourth-order valence-electron chi connectivity index (χ4n) is 1.70. The van der Waals surface area contributed by atoms with Crippen molar-refractivity contribution < 1.29 is 4.79 Å². The lowest BCUT2D eigenvalue weighted by atomic mass is 10.2. The molecular formula is C14H17N3OS. The van der Waals surface area contributed by atoms with Crippen molar-refractivity contribution in [2.24, 2.45) is 0 Å². The van der Waals surface area contributed by atoms with Crippen LogP contribution in [0.3, 0.4) is 0 Å². The number of nitrogens with one attached hydrogen (secondary N) is 2. The molecule has 2 rings (SSSR count). The van der Waals surface area contributed by atoms with Crippen molar-refractivity contribution in [1.82, 2.24) is 10.3 Å². The van der Waals surface area contributed by atoms with E-state index in [0.717, 1.165) is 18.7 Å². The molecule has 0 aromatic carbocycles. The normalized spacial score (nSPS) is 10.2. The minimum absolute atomic E-state index is 0.135. The molecule has 1 amide bonds. The SMILES string of the molecule is CCNC(=O)c1cc(NCCc2ccsc2)ccn1. The summed E-state index contributed by atoms with van der Waals surface area (Å²) in [6, 6.07) is 5.77. The van der Waals surface area contributed by atoms with Gasteiger partial charge in [-0.05, 0) is 47.9 Å². The van der Waals surface area contributed by atoms with Crippen molar-refractivity contribution in [3.63, 3.8) is 0 Å². The summed E-state index contributed by atoms with van der Waals surface area (Å²) in [5, 5.41) is 10.3. The van der Waals surface area contributed by atoms with Crippen LogP contribution < -0.4 is 10.6 Å². The number of nitrogens with zero attached hydrogens (tertiary/aromatic N) is 1. The minimum Gasteiger partial charge on any atom is -0.385 e. The molecule has 0 bridgehead atoms. The van der Waals surface area contributed by atoms with E-state index < -0.39 is 0 Å². The summed E-state index contributed by atoms with van der Waals surface area (Å²) < 4.78 is 0. The van der Waals surface area contributed by atoms with Crippen LogP contribution in [-0.4, -0.2) is 24.0 Å². The number of carbonyl (C=O) groups is 1. The monoisotopic (exact) mass is 275 g/mol. The van der Waals surface area contributed by atoms with Crippen LogP contribution in [0.2, 0.25) is 0 Å². The Bertz CT molecular complexity index is 525. The van der Waals surface area contributed by atoms with E-state index in [9.17, 15) is 4.79 Å². The summed E-state index contributed by atoms with van der Waals surface area (Å²) >= 11 is 1.71. The number of carbonyl (C=O) groups excluding carboxylic acids is 1. The average molecular weight is 275 g/mol. The zero-order valence-electron chi connectivity index (χ0n) is 10.8. The fraction of sp³-hybridized carbons (Fsp3) is 0.286. The van der Waals surface area contributed by atoms with Crippen LogP contribution in [0.1, 0.15) is 23.0 Å². The molecule has 4 nitrogen and oxygen atoms in total. The fourth-order valence-corrected chi connectivity index (χ4v) is 2.41. The Labute approximate surface area is 116 Å². The predicted octanol–water partition coefficient (Wildman–Crippen LogP) is 2.55. The second kappa shape index (κ2) is 6.89. The molecule has 0 radical (unpaired) electrons. The second-order valence-electron chi connectivity index (χ2n) is 4.10. The first kappa shape index (κ1) is 13.5. The molecule has 5 heteroatoms. The summed E-state index contributed by atoms with van der Waals surface area (Å²) in [5.41, 5.74) is 2.70. The smallest absolute Gasteiger partial charge is 0.269 e. The third-order valence-corrected chi connectivity index (χ3v) is 3.38. The third kappa shape index (κ3) is 4.06. The molecule has 0 saturated carbocycles. The maximum Gasteiger partial charge on any atom is 0.269 e. The van der Waals surface area contributed by atoms with Gasteiger partial charge in [0.15, 0.2) is 0 Å². The Balaban J connectivity index is 1.90. The van der Waals surface area contributed by atoms with Crippen LogP contribution >= 0.6 is 11.3 Å². The van der Waals surface area contributed by atoms with E-state index in [2.05, 4.69) is 32.4 Å². The van der Waals surface area contributed by atoms with Gasteiger partial charge in [-0.2, -0.15) is 11.3 Å². The molecule has 2 N–H and O–H groups in total. The number of anilines is 1. The van der Waals surface area contributed by atoms with Crippen molar-refractivity contribution in [2.45, 2.75) is 13.3 Å². The molecule has 0 fully saturated rings. The van der Waals surface area contributed by atoms with Gasteiger partial charge in [-0.15, -0.1) is 0 Å². The molecule has 2 heterocycles. The van der Waals surface area contributed by atoms with Crippen LogP contribution in [-0.2, 0) is 6.42 Å². The van der Waals surface area contributed by atoms with Gasteiger partial charge in [-0.25, -0.2) is 0 Å². The lowest BCUT2D eigenvalue weighted by molar-refractivity contribution is 0.0951. The third-order valence-electron chi connectivity index (χ3n) is 2.65. The Kier molecular flexibility index (Phi) is 4.92. The first-order valence-corrected chi connectivity index (χ1v) is 7.23. The van der Waals surface area contributed by atoms with Crippen molar-refractivity contribution in [3.05, 3.63) is 46.4 Å². The van der Waals surface area contributed by atoms with Crippen molar-refractivity contribution in [2.75, 3.05) is 18.4 Å². The topological polar surface area (TPSA) is 54.0 Å². The van der Waals surface area contributed by atoms with Gasteiger partial charge in [0.1, 0.15) is 5.69 Å². The number of rotatable bonds is 6. The van der Waals surface area contributed by atoms with Gasteiger partial charge in [-0.3, -0.25) is 9.78 Å². The number of thiophene rings is 1. The van der Waals surface area contributed by atoms with Gasteiger partial charge in [0.05, 0.1) is 0 Å². The Morgan fingerprint density at radius 2 is 2.32 bits per heavy atom. The van der Waals surface area contributed by atoms with Crippen molar-refractivity contribution in [3.8, 4) is 0 Å². The van der Waals surface area contributed by atoms with E-state index in [1.165, 1.54) is 5.56 Å². The standard InChI is InChI=1S/C14H17N3OS/c1-2-15-14(18)13-9-12(4-7-17-13)16-6-3-11-5-8-19-10-11/h4-5,7-10H,2-3,6H2,1H3,(H,15,18)(H,16,17). The molecule has 100 valence electrons. The van der Waals surface area contributed by atoms with Gasteiger partial charge in [-0.1, -0.05) is 0 Å². The maximum absolute atomic E-state index is 11.7. The summed E-state index contributed by atoms with van der Waals surface area (Å²) in [5.74, 6) is -0.135. The summed E-state index contributed by atoms with van der Waals surface area (Å²) in [4.78, 5) is 15.7. The zero-order chi connectivity index (χ0) is 13.5. The molecule has 0 aliphatic heterocycles. The number of hydrogen-bond donors (Lipinski definition) is 2. The largest absolute Gasteiger partial charge is 0.385 e. The number of aromatic nitrogens is 1. The molecule has 2 aromatic rings. The molecule has 0 aliphatic carbocycles. The molecule has 0 spiro atoms. The average Bonchev–Trinajstić information content (AvgIpc) is 2.93. The zero-order valence-corrected chi connectivity index (χ0v) is 11.7. The Hall–Kier alpha value is -1.88. The lowest BCUT2D eigenvalue weighted by Gasteiger charge is -2.07. The molecule has 19 heavy (non-hydrogen) atoms. The van der Waals surface area contributed by atoms with Crippen LogP contribution in [0.25, 0.3) is 0 Å². The highest BCUT2D eigenvalue weighted by Gasteiger charge is 2.06. The molecule has 0 atom stereocenters. The molecular weight excluding hydrogens is 258 g/mol. The highest BCUT2D eigenvalue weighted by atomic mass is 32.1. The number of hydrogen-bond acceptors (Lipinski definition) is 4. The highest BCUT2D eigenvalue weighted by molar-refractivity contribution is 7.07. The van der Waals surface area contributed by atoms with Gasteiger partial charge in [0.25, 0.3) is 5.91 Å². The highest BCUT2D eigenvalue weighted by Crippen LogP contribution is 2.10. The van der Waals surface area contributed by atoms with E-state index in [1.807, 2.05) is 13.0 Å². The Morgan fingerprint density at radius 3 is 3.05 bits per heavy atom. The molecule has 0 aliphatic rings. The predicted molar refractivity (Wildman–Crippen MR) is 78.8 cm³/mol. The van der Waals surface area contributed by atoms with E-state index in [0.29, 0.717) is 12.2 Å². The van der Waals surface area contributed by atoms with E-state index in [4.69, 9.17) is 0 Å². The molecule has 2 aromatic heterocycles. The van der Waals surface area contributed by atoms with Crippen LogP contribution in [0.4, 0.5) is 5.69 Å². The second-order valence-corrected chi connectivity index (χ2v) is 4.88. The van der Waals surface area contributed by atoms with Gasteiger partial charge in [0.2, 0.25) is 0 Å². The number of amides is 1. The summed E-state index contributed by atoms with van der Waals surface area (Å²) in [6.45, 7) is 3.34.